The van der Waals surface area contributed by atoms with E-state index in [1.165, 1.54) is 15.6 Å². The fourth-order valence-electron chi connectivity index (χ4n) is 1.65. The van der Waals surface area contributed by atoms with Crippen LogP contribution in [-0.2, 0) is 10.0 Å². The van der Waals surface area contributed by atoms with E-state index in [0.29, 0.717) is 22.1 Å². The van der Waals surface area contributed by atoms with Crippen LogP contribution < -0.4 is 10.0 Å². The Kier molecular flexibility index (Phi) is 3.58. The van der Waals surface area contributed by atoms with Crippen LogP contribution in [-0.4, -0.2) is 15.0 Å². The summed E-state index contributed by atoms with van der Waals surface area (Å²) in [5, 5.41) is 1.75. The summed E-state index contributed by atoms with van der Waals surface area (Å²) in [7, 11) is -3.46. The van der Waals surface area contributed by atoms with Gasteiger partial charge >= 0.3 is 0 Å². The lowest BCUT2D eigenvalue weighted by atomic mass is 10.3. The maximum atomic E-state index is 12.4. The van der Waals surface area contributed by atoms with Crippen molar-refractivity contribution in [2.24, 2.45) is 0 Å². The summed E-state index contributed by atoms with van der Waals surface area (Å²) in [6, 6.07) is 10.2. The molecule has 1 aromatic heterocycles. The summed E-state index contributed by atoms with van der Waals surface area (Å²) in [4.78, 5) is 0. The number of hydrogen-bond acceptors (Lipinski definition) is 4. The van der Waals surface area contributed by atoms with Gasteiger partial charge in [-0.25, -0.2) is 8.42 Å². The Bertz CT molecular complexity index is 604. The molecule has 18 heavy (non-hydrogen) atoms. The molecule has 0 radical (unpaired) electrons. The van der Waals surface area contributed by atoms with Crippen LogP contribution in [0.25, 0.3) is 0 Å². The molecule has 2 aromatic rings. The first-order chi connectivity index (χ1) is 8.55. The summed E-state index contributed by atoms with van der Waals surface area (Å²) in [6.45, 7) is 2.19. The van der Waals surface area contributed by atoms with Crippen LogP contribution in [0.15, 0.2) is 46.0 Å². The molecule has 0 aliphatic heterocycles. The van der Waals surface area contributed by atoms with E-state index in [9.17, 15) is 8.42 Å². The summed E-state index contributed by atoms with van der Waals surface area (Å²) >= 11 is 1.22. The van der Waals surface area contributed by atoms with E-state index in [-0.39, 0.29) is 0 Å². The van der Waals surface area contributed by atoms with Crippen molar-refractivity contribution in [3.8, 4) is 0 Å². The molecule has 0 spiro atoms. The average molecular weight is 282 g/mol. The van der Waals surface area contributed by atoms with Gasteiger partial charge in [-0.1, -0.05) is 6.07 Å². The largest absolute Gasteiger partial charge is 0.399 e. The highest BCUT2D eigenvalue weighted by Gasteiger charge is 2.24. The van der Waals surface area contributed by atoms with Crippen LogP contribution in [0.2, 0.25) is 0 Å². The number of sulfonamides is 1. The Morgan fingerprint density at radius 1 is 1.22 bits per heavy atom. The lowest BCUT2D eigenvalue weighted by Gasteiger charge is -2.22. The number of anilines is 2. The molecule has 0 unspecified atom stereocenters. The van der Waals surface area contributed by atoms with E-state index < -0.39 is 10.0 Å². The zero-order valence-electron chi connectivity index (χ0n) is 9.91. The zero-order chi connectivity index (χ0) is 13.2. The van der Waals surface area contributed by atoms with Crippen LogP contribution in [0.1, 0.15) is 6.92 Å². The number of nitrogen functional groups attached to an aromatic ring is 1. The van der Waals surface area contributed by atoms with Crippen molar-refractivity contribution in [1.82, 2.24) is 0 Å². The molecule has 0 saturated carbocycles. The SMILES string of the molecule is CCN(c1ccc(N)cc1)S(=O)(=O)c1cccs1. The lowest BCUT2D eigenvalue weighted by Crippen LogP contribution is -2.30. The minimum absolute atomic E-state index is 0.348. The first kappa shape index (κ1) is 12.9. The van der Waals surface area contributed by atoms with Gasteiger partial charge < -0.3 is 5.73 Å². The van der Waals surface area contributed by atoms with Gasteiger partial charge in [-0.15, -0.1) is 11.3 Å². The summed E-state index contributed by atoms with van der Waals surface area (Å²) in [5.74, 6) is 0. The predicted octanol–water partition coefficient (Wildman–Crippen LogP) is 2.55. The van der Waals surface area contributed by atoms with Gasteiger partial charge in [0.05, 0.1) is 5.69 Å². The molecule has 96 valence electrons. The van der Waals surface area contributed by atoms with Crippen LogP contribution in [0.5, 0.6) is 0 Å². The third-order valence-electron chi connectivity index (χ3n) is 2.51. The van der Waals surface area contributed by atoms with E-state index >= 15 is 0 Å². The van der Waals surface area contributed by atoms with Crippen LogP contribution >= 0.6 is 11.3 Å². The van der Waals surface area contributed by atoms with Gasteiger partial charge in [0.2, 0.25) is 0 Å². The quantitative estimate of drug-likeness (QED) is 0.877. The van der Waals surface area contributed by atoms with Crippen molar-refractivity contribution in [3.05, 3.63) is 41.8 Å². The second-order valence-corrected chi connectivity index (χ2v) is 6.73. The number of rotatable bonds is 4. The standard InChI is InChI=1S/C12H14N2O2S2/c1-2-14(11-7-5-10(13)6-8-11)18(15,16)12-4-3-9-17-12/h3-9H,2,13H2,1H3. The molecule has 0 aliphatic rings. The normalized spacial score (nSPS) is 11.4. The van der Waals surface area contributed by atoms with Gasteiger partial charge in [-0.05, 0) is 42.6 Å². The third kappa shape index (κ3) is 2.34. The molecule has 0 atom stereocenters. The minimum Gasteiger partial charge on any atom is -0.399 e. The number of hydrogen-bond donors (Lipinski definition) is 1. The molecule has 2 rings (SSSR count). The molecule has 1 aromatic carbocycles. The molecule has 1 heterocycles. The Hall–Kier alpha value is -1.53. The molecule has 4 nitrogen and oxygen atoms in total. The second-order valence-electron chi connectivity index (χ2n) is 3.69. The van der Waals surface area contributed by atoms with Crippen molar-refractivity contribution >= 4 is 32.7 Å². The molecule has 0 amide bonds. The molecule has 0 bridgehead atoms. The number of nitrogens with zero attached hydrogens (tertiary/aromatic N) is 1. The Balaban J connectivity index is 2.43. The molecule has 0 fully saturated rings. The molecule has 2 N–H and O–H groups in total. The topological polar surface area (TPSA) is 63.4 Å². The smallest absolute Gasteiger partial charge is 0.273 e. The Morgan fingerprint density at radius 2 is 1.89 bits per heavy atom. The lowest BCUT2D eigenvalue weighted by molar-refractivity contribution is 0.594. The third-order valence-corrected chi connectivity index (χ3v) is 5.78. The predicted molar refractivity (Wildman–Crippen MR) is 75.4 cm³/mol. The summed E-state index contributed by atoms with van der Waals surface area (Å²) in [6.07, 6.45) is 0. The number of nitrogens with two attached hydrogens (primary N) is 1. The van der Waals surface area contributed by atoms with Gasteiger partial charge in [0.1, 0.15) is 4.21 Å². The Labute approximate surface area is 111 Å². The van der Waals surface area contributed by atoms with Crippen molar-refractivity contribution in [2.45, 2.75) is 11.1 Å². The highest BCUT2D eigenvalue weighted by atomic mass is 32.2. The fourth-order valence-corrected chi connectivity index (χ4v) is 4.23. The zero-order valence-corrected chi connectivity index (χ0v) is 11.5. The van der Waals surface area contributed by atoms with Gasteiger partial charge in [0, 0.05) is 12.2 Å². The molecular formula is C12H14N2O2S2. The van der Waals surface area contributed by atoms with Crippen molar-refractivity contribution in [1.29, 1.82) is 0 Å². The number of benzene rings is 1. The highest BCUT2D eigenvalue weighted by Crippen LogP contribution is 2.26. The summed E-state index contributed by atoms with van der Waals surface area (Å²) in [5.41, 5.74) is 6.85. The fraction of sp³-hybridized carbons (Fsp3) is 0.167. The van der Waals surface area contributed by atoms with E-state index in [4.69, 9.17) is 5.73 Å². The molecular weight excluding hydrogens is 268 g/mol. The van der Waals surface area contributed by atoms with Crippen LogP contribution in [0, 0.1) is 0 Å². The first-order valence-electron chi connectivity index (χ1n) is 5.47. The number of thiophene rings is 1. The summed E-state index contributed by atoms with van der Waals surface area (Å²) < 4.78 is 26.6. The Morgan fingerprint density at radius 3 is 2.39 bits per heavy atom. The molecule has 0 aliphatic carbocycles. The second kappa shape index (κ2) is 4.99. The van der Waals surface area contributed by atoms with Crippen LogP contribution in [0.4, 0.5) is 11.4 Å². The first-order valence-corrected chi connectivity index (χ1v) is 7.79. The van der Waals surface area contributed by atoms with E-state index in [1.807, 2.05) is 6.92 Å². The van der Waals surface area contributed by atoms with Gasteiger partial charge in [-0.2, -0.15) is 0 Å². The van der Waals surface area contributed by atoms with Crippen molar-refractivity contribution in [3.63, 3.8) is 0 Å². The maximum absolute atomic E-state index is 12.4. The van der Waals surface area contributed by atoms with Gasteiger partial charge in [0.15, 0.2) is 0 Å². The highest BCUT2D eigenvalue weighted by molar-refractivity contribution is 7.94. The molecule has 6 heteroatoms. The van der Waals surface area contributed by atoms with Crippen molar-refractivity contribution < 1.29 is 8.42 Å². The maximum Gasteiger partial charge on any atom is 0.273 e. The van der Waals surface area contributed by atoms with Gasteiger partial charge in [0.25, 0.3) is 10.0 Å². The van der Waals surface area contributed by atoms with E-state index in [1.54, 1.807) is 41.8 Å². The minimum atomic E-state index is -3.46. The van der Waals surface area contributed by atoms with Crippen molar-refractivity contribution in [2.75, 3.05) is 16.6 Å². The van der Waals surface area contributed by atoms with Gasteiger partial charge in [-0.3, -0.25) is 4.31 Å². The van der Waals surface area contributed by atoms with Crippen LogP contribution in [0.3, 0.4) is 0 Å². The van der Waals surface area contributed by atoms with E-state index in [0.717, 1.165) is 0 Å². The average Bonchev–Trinajstić information content (AvgIpc) is 2.86. The monoisotopic (exact) mass is 282 g/mol. The molecule has 0 saturated heterocycles. The van der Waals surface area contributed by atoms with E-state index in [2.05, 4.69) is 0 Å².